The Morgan fingerprint density at radius 3 is 2.14 bits per heavy atom. The van der Waals surface area contributed by atoms with E-state index in [1.807, 2.05) is 72.8 Å². The summed E-state index contributed by atoms with van der Waals surface area (Å²) < 4.78 is 0. The Morgan fingerprint density at radius 1 is 0.818 bits per heavy atom. The Hall–Kier alpha value is -2.94. The number of amides is 1. The second-order valence-corrected chi connectivity index (χ2v) is 5.01. The number of carbonyl (C=O) groups excluding carboxylic acids is 1. The number of nitrogens with zero attached hydrogens (tertiary/aromatic N) is 1. The van der Waals surface area contributed by atoms with E-state index >= 15 is 0 Å². The van der Waals surface area contributed by atoms with Gasteiger partial charge >= 0.3 is 0 Å². The zero-order chi connectivity index (χ0) is 15.2. The van der Waals surface area contributed by atoms with Crippen LogP contribution in [0.5, 0.6) is 0 Å². The molecule has 1 amide bonds. The number of nitrogens with one attached hydrogen (secondary N) is 1. The molecule has 3 heteroatoms. The van der Waals surface area contributed by atoms with Crippen molar-refractivity contribution in [3.05, 3.63) is 84.6 Å². The number of pyridine rings is 1. The fourth-order valence-corrected chi connectivity index (χ4v) is 2.24. The van der Waals surface area contributed by atoms with Gasteiger partial charge in [-0.15, -0.1) is 0 Å². The Labute approximate surface area is 129 Å². The molecule has 0 fully saturated rings. The number of carbonyl (C=O) groups is 1. The highest BCUT2D eigenvalue weighted by atomic mass is 16.1. The van der Waals surface area contributed by atoms with Gasteiger partial charge in [-0.1, -0.05) is 60.7 Å². The van der Waals surface area contributed by atoms with E-state index in [2.05, 4.69) is 10.3 Å². The first kappa shape index (κ1) is 14.0. The number of aromatic nitrogens is 1. The van der Waals surface area contributed by atoms with Crippen LogP contribution in [0.2, 0.25) is 0 Å². The maximum absolute atomic E-state index is 12.0. The molecular formula is C19H16N2O. The van der Waals surface area contributed by atoms with Gasteiger partial charge in [-0.25, -0.2) is 4.98 Å². The molecule has 1 heterocycles. The minimum Gasteiger partial charge on any atom is -0.310 e. The van der Waals surface area contributed by atoms with Crippen molar-refractivity contribution in [3.8, 4) is 11.1 Å². The third kappa shape index (κ3) is 3.58. The van der Waals surface area contributed by atoms with Gasteiger partial charge in [-0.3, -0.25) is 4.79 Å². The minimum absolute atomic E-state index is 0.0637. The molecule has 0 unspecified atom stereocenters. The first-order chi connectivity index (χ1) is 10.8. The molecule has 2 aromatic carbocycles. The molecule has 1 N–H and O–H groups in total. The standard InChI is InChI=1S/C19H16N2O/c22-19(13-15-7-3-1-4-8-15)21-18-12-11-17(14-20-18)16-9-5-2-6-10-16/h1-12,14H,13H2,(H,20,21,22). The van der Waals surface area contributed by atoms with Crippen LogP contribution in [0.3, 0.4) is 0 Å². The Balaban J connectivity index is 1.65. The Kier molecular flexibility index (Phi) is 4.25. The van der Waals surface area contributed by atoms with E-state index in [1.165, 1.54) is 0 Å². The third-order valence-corrected chi connectivity index (χ3v) is 3.35. The predicted molar refractivity (Wildman–Crippen MR) is 88.4 cm³/mol. The van der Waals surface area contributed by atoms with E-state index in [1.54, 1.807) is 6.20 Å². The fourth-order valence-electron chi connectivity index (χ4n) is 2.24. The summed E-state index contributed by atoms with van der Waals surface area (Å²) in [7, 11) is 0. The minimum atomic E-state index is -0.0637. The van der Waals surface area contributed by atoms with Crippen LogP contribution in [0.25, 0.3) is 11.1 Å². The third-order valence-electron chi connectivity index (χ3n) is 3.35. The van der Waals surface area contributed by atoms with E-state index in [4.69, 9.17) is 0 Å². The van der Waals surface area contributed by atoms with E-state index < -0.39 is 0 Å². The van der Waals surface area contributed by atoms with Crippen molar-refractivity contribution in [3.63, 3.8) is 0 Å². The molecule has 0 aliphatic rings. The quantitative estimate of drug-likeness (QED) is 0.790. The van der Waals surface area contributed by atoms with E-state index in [0.29, 0.717) is 12.2 Å². The normalized spacial score (nSPS) is 10.2. The molecule has 0 aliphatic carbocycles. The van der Waals surface area contributed by atoms with Crippen LogP contribution < -0.4 is 5.32 Å². The summed E-state index contributed by atoms with van der Waals surface area (Å²) in [5, 5.41) is 2.82. The topological polar surface area (TPSA) is 42.0 Å². The summed E-state index contributed by atoms with van der Waals surface area (Å²) in [5.74, 6) is 0.506. The van der Waals surface area contributed by atoms with Crippen molar-refractivity contribution >= 4 is 11.7 Å². The summed E-state index contributed by atoms with van der Waals surface area (Å²) in [6.45, 7) is 0. The first-order valence-electron chi connectivity index (χ1n) is 7.16. The summed E-state index contributed by atoms with van der Waals surface area (Å²) >= 11 is 0. The molecule has 3 rings (SSSR count). The molecule has 108 valence electrons. The fraction of sp³-hybridized carbons (Fsp3) is 0.0526. The highest BCUT2D eigenvalue weighted by Gasteiger charge is 2.05. The van der Waals surface area contributed by atoms with Crippen molar-refractivity contribution in [2.75, 3.05) is 5.32 Å². The van der Waals surface area contributed by atoms with Gasteiger partial charge in [0.15, 0.2) is 0 Å². The first-order valence-corrected chi connectivity index (χ1v) is 7.16. The lowest BCUT2D eigenvalue weighted by molar-refractivity contribution is -0.115. The summed E-state index contributed by atoms with van der Waals surface area (Å²) in [5.41, 5.74) is 3.12. The van der Waals surface area contributed by atoms with Gasteiger partial charge in [0.2, 0.25) is 5.91 Å². The maximum Gasteiger partial charge on any atom is 0.229 e. The lowest BCUT2D eigenvalue weighted by Crippen LogP contribution is -2.15. The van der Waals surface area contributed by atoms with Crippen molar-refractivity contribution in [1.82, 2.24) is 4.98 Å². The van der Waals surface area contributed by atoms with Crippen molar-refractivity contribution in [2.45, 2.75) is 6.42 Å². The Bertz CT molecular complexity index is 737. The zero-order valence-corrected chi connectivity index (χ0v) is 12.1. The molecular weight excluding hydrogens is 272 g/mol. The van der Waals surface area contributed by atoms with Gasteiger partial charge < -0.3 is 5.32 Å². The summed E-state index contributed by atoms with van der Waals surface area (Å²) in [6.07, 6.45) is 2.12. The average molecular weight is 288 g/mol. The molecule has 0 saturated carbocycles. The smallest absolute Gasteiger partial charge is 0.229 e. The van der Waals surface area contributed by atoms with E-state index in [-0.39, 0.29) is 5.91 Å². The number of hydrogen-bond donors (Lipinski definition) is 1. The van der Waals surface area contributed by atoms with Gasteiger partial charge in [0.1, 0.15) is 5.82 Å². The van der Waals surface area contributed by atoms with E-state index in [9.17, 15) is 4.79 Å². The highest BCUT2D eigenvalue weighted by molar-refractivity contribution is 5.91. The lowest BCUT2D eigenvalue weighted by atomic mass is 10.1. The van der Waals surface area contributed by atoms with Crippen molar-refractivity contribution < 1.29 is 4.79 Å². The molecule has 0 spiro atoms. The van der Waals surface area contributed by atoms with Gasteiger partial charge in [0, 0.05) is 11.8 Å². The Morgan fingerprint density at radius 2 is 1.50 bits per heavy atom. The highest BCUT2D eigenvalue weighted by Crippen LogP contribution is 2.19. The largest absolute Gasteiger partial charge is 0.310 e. The summed E-state index contributed by atoms with van der Waals surface area (Å²) in [4.78, 5) is 16.3. The average Bonchev–Trinajstić information content (AvgIpc) is 2.57. The molecule has 3 aromatic rings. The summed E-state index contributed by atoms with van der Waals surface area (Å²) in [6, 6.07) is 23.5. The molecule has 0 atom stereocenters. The van der Waals surface area contributed by atoms with Crippen LogP contribution in [0.1, 0.15) is 5.56 Å². The number of hydrogen-bond acceptors (Lipinski definition) is 2. The second-order valence-electron chi connectivity index (χ2n) is 5.01. The van der Waals surface area contributed by atoms with Crippen LogP contribution in [-0.2, 0) is 11.2 Å². The van der Waals surface area contributed by atoms with Crippen LogP contribution in [0.15, 0.2) is 79.0 Å². The predicted octanol–water partition coefficient (Wildman–Crippen LogP) is 3.93. The molecule has 3 nitrogen and oxygen atoms in total. The second kappa shape index (κ2) is 6.68. The molecule has 0 bridgehead atoms. The van der Waals surface area contributed by atoms with Crippen LogP contribution in [0.4, 0.5) is 5.82 Å². The molecule has 1 aromatic heterocycles. The van der Waals surface area contributed by atoms with Crippen molar-refractivity contribution in [2.24, 2.45) is 0 Å². The van der Waals surface area contributed by atoms with Crippen LogP contribution in [-0.4, -0.2) is 10.9 Å². The van der Waals surface area contributed by atoms with Gasteiger partial charge in [0.25, 0.3) is 0 Å². The SMILES string of the molecule is O=C(Cc1ccccc1)Nc1ccc(-c2ccccc2)cn1. The monoisotopic (exact) mass is 288 g/mol. The van der Waals surface area contributed by atoms with Gasteiger partial charge in [0.05, 0.1) is 6.42 Å². The van der Waals surface area contributed by atoms with Crippen LogP contribution >= 0.6 is 0 Å². The molecule has 0 radical (unpaired) electrons. The van der Waals surface area contributed by atoms with Gasteiger partial charge in [-0.05, 0) is 23.3 Å². The van der Waals surface area contributed by atoms with Crippen LogP contribution in [0, 0.1) is 0 Å². The number of rotatable bonds is 4. The van der Waals surface area contributed by atoms with Crippen molar-refractivity contribution in [1.29, 1.82) is 0 Å². The molecule has 0 aliphatic heterocycles. The number of benzene rings is 2. The lowest BCUT2D eigenvalue weighted by Gasteiger charge is -2.06. The van der Waals surface area contributed by atoms with Gasteiger partial charge in [-0.2, -0.15) is 0 Å². The maximum atomic E-state index is 12.0. The van der Waals surface area contributed by atoms with E-state index in [0.717, 1.165) is 16.7 Å². The zero-order valence-electron chi connectivity index (χ0n) is 12.1. The molecule has 0 saturated heterocycles. The number of anilines is 1. The molecule has 22 heavy (non-hydrogen) atoms.